The van der Waals surface area contributed by atoms with Gasteiger partial charge in [0.25, 0.3) is 0 Å². The number of nitriles is 1. The van der Waals surface area contributed by atoms with Crippen LogP contribution < -0.4 is 5.32 Å². The van der Waals surface area contributed by atoms with Gasteiger partial charge in [-0.1, -0.05) is 6.92 Å². The molecule has 0 aliphatic rings. The van der Waals surface area contributed by atoms with E-state index in [0.29, 0.717) is 0 Å². The molecule has 1 heterocycles. The van der Waals surface area contributed by atoms with Crippen LogP contribution in [-0.4, -0.2) is 6.54 Å². The van der Waals surface area contributed by atoms with Crippen molar-refractivity contribution < 1.29 is 0 Å². The molecular weight excluding hydrogens is 180 g/mol. The SMILES string of the molecule is CCCNc1sc(C)c(C)c1C#N. The number of nitrogens with zero attached hydrogens (tertiary/aromatic N) is 1. The average molecular weight is 194 g/mol. The van der Waals surface area contributed by atoms with E-state index in [1.807, 2.05) is 6.92 Å². The predicted octanol–water partition coefficient (Wildman–Crippen LogP) is 3.06. The fraction of sp³-hybridized carbons (Fsp3) is 0.500. The van der Waals surface area contributed by atoms with Crippen LogP contribution in [-0.2, 0) is 0 Å². The fourth-order valence-corrected chi connectivity index (χ4v) is 2.16. The van der Waals surface area contributed by atoms with Crippen molar-refractivity contribution in [2.24, 2.45) is 0 Å². The third-order valence-corrected chi connectivity index (χ3v) is 3.20. The predicted molar refractivity (Wildman–Crippen MR) is 57.3 cm³/mol. The summed E-state index contributed by atoms with van der Waals surface area (Å²) in [5, 5.41) is 13.2. The zero-order valence-corrected chi connectivity index (χ0v) is 9.09. The number of rotatable bonds is 3. The first-order valence-corrected chi connectivity index (χ1v) is 5.26. The molecule has 70 valence electrons. The summed E-state index contributed by atoms with van der Waals surface area (Å²) in [6, 6.07) is 2.24. The van der Waals surface area contributed by atoms with Gasteiger partial charge in [0.2, 0.25) is 0 Å². The quantitative estimate of drug-likeness (QED) is 0.802. The van der Waals surface area contributed by atoms with Crippen LogP contribution in [0.3, 0.4) is 0 Å². The van der Waals surface area contributed by atoms with Crippen molar-refractivity contribution in [1.29, 1.82) is 5.26 Å². The number of anilines is 1. The average Bonchev–Trinajstić information content (AvgIpc) is 2.39. The largest absolute Gasteiger partial charge is 0.376 e. The van der Waals surface area contributed by atoms with Crippen molar-refractivity contribution in [3.05, 3.63) is 16.0 Å². The van der Waals surface area contributed by atoms with Gasteiger partial charge in [0.05, 0.1) is 5.56 Å². The second-order valence-corrected chi connectivity index (χ2v) is 4.25. The van der Waals surface area contributed by atoms with Crippen molar-refractivity contribution in [2.45, 2.75) is 27.2 Å². The lowest BCUT2D eigenvalue weighted by Crippen LogP contribution is -1.98. The second kappa shape index (κ2) is 4.29. The summed E-state index contributed by atoms with van der Waals surface area (Å²) >= 11 is 1.67. The zero-order valence-electron chi connectivity index (χ0n) is 8.27. The maximum Gasteiger partial charge on any atom is 0.107 e. The molecule has 0 aromatic carbocycles. The van der Waals surface area contributed by atoms with Crippen LogP contribution in [0.25, 0.3) is 0 Å². The fourth-order valence-electron chi connectivity index (χ4n) is 1.12. The second-order valence-electron chi connectivity index (χ2n) is 3.03. The summed E-state index contributed by atoms with van der Waals surface area (Å²) in [6.07, 6.45) is 1.08. The third-order valence-electron chi connectivity index (χ3n) is 2.03. The lowest BCUT2D eigenvalue weighted by molar-refractivity contribution is 0.983. The van der Waals surface area contributed by atoms with Crippen LogP contribution in [0.5, 0.6) is 0 Å². The maximum absolute atomic E-state index is 8.93. The molecule has 1 aromatic heterocycles. The topological polar surface area (TPSA) is 35.8 Å². The lowest BCUT2D eigenvalue weighted by atomic mass is 10.2. The molecule has 0 saturated carbocycles. The summed E-state index contributed by atoms with van der Waals surface area (Å²) in [6.45, 7) is 7.11. The van der Waals surface area contributed by atoms with Gasteiger partial charge in [0.15, 0.2) is 0 Å². The Morgan fingerprint density at radius 2 is 2.15 bits per heavy atom. The van der Waals surface area contributed by atoms with Crippen molar-refractivity contribution in [2.75, 3.05) is 11.9 Å². The molecule has 0 saturated heterocycles. The van der Waals surface area contributed by atoms with Crippen LogP contribution in [0.2, 0.25) is 0 Å². The molecule has 0 atom stereocenters. The van der Waals surface area contributed by atoms with Crippen molar-refractivity contribution >= 4 is 16.3 Å². The maximum atomic E-state index is 8.93. The summed E-state index contributed by atoms with van der Waals surface area (Å²) in [4.78, 5) is 1.23. The van der Waals surface area contributed by atoms with E-state index in [2.05, 4.69) is 25.2 Å². The minimum atomic E-state index is 0.816. The van der Waals surface area contributed by atoms with E-state index in [-0.39, 0.29) is 0 Å². The normalized spacial score (nSPS) is 9.69. The van der Waals surface area contributed by atoms with E-state index in [1.165, 1.54) is 4.88 Å². The molecule has 2 nitrogen and oxygen atoms in total. The van der Waals surface area contributed by atoms with Gasteiger partial charge in [0, 0.05) is 11.4 Å². The summed E-state index contributed by atoms with van der Waals surface area (Å²) in [5.41, 5.74) is 1.93. The molecule has 13 heavy (non-hydrogen) atoms. The van der Waals surface area contributed by atoms with E-state index >= 15 is 0 Å². The molecule has 0 spiro atoms. The van der Waals surface area contributed by atoms with Gasteiger partial charge >= 0.3 is 0 Å². The first-order chi connectivity index (χ1) is 6.20. The van der Waals surface area contributed by atoms with Crippen LogP contribution >= 0.6 is 11.3 Å². The highest BCUT2D eigenvalue weighted by Crippen LogP contribution is 2.31. The van der Waals surface area contributed by atoms with Crippen molar-refractivity contribution in [1.82, 2.24) is 0 Å². The molecule has 1 N–H and O–H groups in total. The minimum absolute atomic E-state index is 0.816. The van der Waals surface area contributed by atoms with Gasteiger partial charge in [0.1, 0.15) is 11.1 Å². The molecule has 0 bridgehead atoms. The van der Waals surface area contributed by atoms with Crippen LogP contribution in [0.15, 0.2) is 0 Å². The lowest BCUT2D eigenvalue weighted by Gasteiger charge is -2.00. The highest BCUT2D eigenvalue weighted by molar-refractivity contribution is 7.16. The molecule has 3 heteroatoms. The van der Waals surface area contributed by atoms with Crippen molar-refractivity contribution in [3.8, 4) is 6.07 Å². The molecule has 0 radical (unpaired) electrons. The van der Waals surface area contributed by atoms with Gasteiger partial charge in [-0.2, -0.15) is 5.26 Å². The number of hydrogen-bond acceptors (Lipinski definition) is 3. The van der Waals surface area contributed by atoms with Gasteiger partial charge in [-0.05, 0) is 25.8 Å². The Morgan fingerprint density at radius 1 is 1.46 bits per heavy atom. The molecule has 1 rings (SSSR count). The molecule has 0 aliphatic heterocycles. The molecule has 0 amide bonds. The monoisotopic (exact) mass is 194 g/mol. The standard InChI is InChI=1S/C10H14N2S/c1-4-5-12-10-9(6-11)7(2)8(3)13-10/h12H,4-5H2,1-3H3. The summed E-state index contributed by atoms with van der Waals surface area (Å²) < 4.78 is 0. The minimum Gasteiger partial charge on any atom is -0.376 e. The van der Waals surface area contributed by atoms with Crippen molar-refractivity contribution in [3.63, 3.8) is 0 Å². The molecule has 0 aliphatic carbocycles. The van der Waals surface area contributed by atoms with E-state index < -0.39 is 0 Å². The van der Waals surface area contributed by atoms with Crippen LogP contribution in [0.4, 0.5) is 5.00 Å². The number of aryl methyl sites for hydroxylation is 1. The van der Waals surface area contributed by atoms with E-state index in [9.17, 15) is 0 Å². The van der Waals surface area contributed by atoms with Gasteiger partial charge < -0.3 is 5.32 Å². The Labute approximate surface area is 83.2 Å². The van der Waals surface area contributed by atoms with Crippen LogP contribution in [0.1, 0.15) is 29.3 Å². The number of hydrogen-bond donors (Lipinski definition) is 1. The van der Waals surface area contributed by atoms with E-state index in [4.69, 9.17) is 5.26 Å². The van der Waals surface area contributed by atoms with Gasteiger partial charge in [-0.15, -0.1) is 11.3 Å². The molecule has 0 unspecified atom stereocenters. The number of thiophene rings is 1. The smallest absolute Gasteiger partial charge is 0.107 e. The van der Waals surface area contributed by atoms with E-state index in [0.717, 1.165) is 29.1 Å². The van der Waals surface area contributed by atoms with Gasteiger partial charge in [-0.25, -0.2) is 0 Å². The third kappa shape index (κ3) is 2.02. The summed E-state index contributed by atoms with van der Waals surface area (Å²) in [7, 11) is 0. The molecule has 0 fully saturated rings. The Morgan fingerprint density at radius 3 is 2.69 bits per heavy atom. The van der Waals surface area contributed by atoms with Crippen LogP contribution in [0, 0.1) is 25.2 Å². The highest BCUT2D eigenvalue weighted by atomic mass is 32.1. The highest BCUT2D eigenvalue weighted by Gasteiger charge is 2.10. The number of nitrogens with one attached hydrogen (secondary N) is 1. The van der Waals surface area contributed by atoms with Gasteiger partial charge in [-0.3, -0.25) is 0 Å². The first kappa shape index (κ1) is 10.1. The summed E-state index contributed by atoms with van der Waals surface area (Å²) in [5.74, 6) is 0. The molecular formula is C10H14N2S. The Hall–Kier alpha value is -1.01. The molecule has 1 aromatic rings. The Balaban J connectivity index is 2.94. The first-order valence-electron chi connectivity index (χ1n) is 4.44. The van der Waals surface area contributed by atoms with E-state index in [1.54, 1.807) is 11.3 Å². The Kier molecular flexibility index (Phi) is 3.32. The zero-order chi connectivity index (χ0) is 9.84. The Bertz CT molecular complexity index is 333.